The average molecular weight is 351 g/mol. The van der Waals surface area contributed by atoms with Gasteiger partial charge >= 0.3 is 0 Å². The van der Waals surface area contributed by atoms with Crippen molar-refractivity contribution in [1.29, 1.82) is 0 Å². The minimum Gasteiger partial charge on any atom is -0.490 e. The van der Waals surface area contributed by atoms with Crippen molar-refractivity contribution in [2.75, 3.05) is 5.75 Å². The molecule has 124 valence electrons. The Morgan fingerprint density at radius 3 is 2.87 bits per heavy atom. The van der Waals surface area contributed by atoms with E-state index in [4.69, 9.17) is 4.74 Å². The Balaban J connectivity index is 1.84. The Bertz CT molecular complexity index is 646. The molecule has 7 heteroatoms. The smallest absolute Gasteiger partial charge is 0.230 e. The van der Waals surface area contributed by atoms with Gasteiger partial charge in [-0.25, -0.2) is 0 Å². The molecule has 1 atom stereocenters. The number of hydrogen-bond donors (Lipinski definition) is 1. The van der Waals surface area contributed by atoms with E-state index < -0.39 is 0 Å². The largest absolute Gasteiger partial charge is 0.490 e. The van der Waals surface area contributed by atoms with Crippen molar-refractivity contribution >= 4 is 29.0 Å². The van der Waals surface area contributed by atoms with Crippen LogP contribution in [0.1, 0.15) is 30.8 Å². The summed E-state index contributed by atoms with van der Waals surface area (Å²) in [6.07, 6.45) is 1.10. The summed E-state index contributed by atoms with van der Waals surface area (Å²) in [7, 11) is 0. The summed E-state index contributed by atoms with van der Waals surface area (Å²) in [5.74, 6) is 1.14. The van der Waals surface area contributed by atoms with Gasteiger partial charge in [-0.3, -0.25) is 4.79 Å². The molecule has 2 aromatic rings. The molecule has 1 aromatic heterocycles. The number of benzene rings is 1. The summed E-state index contributed by atoms with van der Waals surface area (Å²) in [5.41, 5.74) is 0.984. The van der Waals surface area contributed by atoms with Gasteiger partial charge in [0.05, 0.1) is 11.9 Å². The van der Waals surface area contributed by atoms with Crippen LogP contribution >= 0.6 is 23.1 Å². The number of thioether (sulfide) groups is 1. The van der Waals surface area contributed by atoms with Crippen LogP contribution in [0.25, 0.3) is 0 Å². The zero-order chi connectivity index (χ0) is 16.7. The van der Waals surface area contributed by atoms with Crippen molar-refractivity contribution in [3.05, 3.63) is 34.8 Å². The zero-order valence-electron chi connectivity index (χ0n) is 13.5. The Morgan fingerprint density at radius 1 is 1.39 bits per heavy atom. The Kier molecular flexibility index (Phi) is 6.85. The number of aromatic nitrogens is 2. The van der Waals surface area contributed by atoms with Gasteiger partial charge in [0.25, 0.3) is 0 Å². The second-order valence-electron chi connectivity index (χ2n) is 5.10. The zero-order valence-corrected chi connectivity index (χ0v) is 15.2. The van der Waals surface area contributed by atoms with E-state index >= 15 is 0 Å². The summed E-state index contributed by atoms with van der Waals surface area (Å²) < 4.78 is 6.70. The van der Waals surface area contributed by atoms with Gasteiger partial charge in [-0.1, -0.05) is 48.2 Å². The van der Waals surface area contributed by atoms with Gasteiger partial charge in [0.15, 0.2) is 4.34 Å². The second-order valence-corrected chi connectivity index (χ2v) is 7.50. The van der Waals surface area contributed by atoms with Crippen molar-refractivity contribution in [3.8, 4) is 5.75 Å². The number of hydrogen-bond acceptors (Lipinski definition) is 6. The van der Waals surface area contributed by atoms with Crippen LogP contribution < -0.4 is 10.1 Å². The Hall–Kier alpha value is -1.60. The van der Waals surface area contributed by atoms with Crippen molar-refractivity contribution in [3.63, 3.8) is 0 Å². The van der Waals surface area contributed by atoms with Crippen LogP contribution in [0.2, 0.25) is 0 Å². The molecule has 0 saturated carbocycles. The maximum absolute atomic E-state index is 12.0. The lowest BCUT2D eigenvalue weighted by Crippen LogP contribution is -2.25. The van der Waals surface area contributed by atoms with E-state index in [9.17, 15) is 4.79 Å². The average Bonchev–Trinajstić information content (AvgIpc) is 2.97. The number of nitrogens with zero attached hydrogens (tertiary/aromatic N) is 2. The molecule has 1 unspecified atom stereocenters. The molecule has 5 nitrogen and oxygen atoms in total. The molecule has 1 amide bonds. The third kappa shape index (κ3) is 5.84. The Labute approximate surface area is 144 Å². The molecule has 23 heavy (non-hydrogen) atoms. The first-order valence-corrected chi connectivity index (χ1v) is 9.33. The fourth-order valence-electron chi connectivity index (χ4n) is 1.77. The number of nitrogens with one attached hydrogen (secondary N) is 1. The summed E-state index contributed by atoms with van der Waals surface area (Å²) in [6.45, 7) is 6.48. The van der Waals surface area contributed by atoms with Crippen LogP contribution in [-0.2, 0) is 11.3 Å². The maximum Gasteiger partial charge on any atom is 0.230 e. The predicted molar refractivity (Wildman–Crippen MR) is 94.0 cm³/mol. The number of carbonyl (C=O) groups excluding carboxylic acids is 1. The summed E-state index contributed by atoms with van der Waals surface area (Å²) in [5, 5.41) is 11.8. The molecule has 2 rings (SSSR count). The van der Waals surface area contributed by atoms with Crippen molar-refractivity contribution in [1.82, 2.24) is 15.5 Å². The first kappa shape index (κ1) is 17.7. The summed E-state index contributed by atoms with van der Waals surface area (Å²) >= 11 is 2.90. The molecule has 0 aliphatic heterocycles. The van der Waals surface area contributed by atoms with Crippen molar-refractivity contribution < 1.29 is 9.53 Å². The van der Waals surface area contributed by atoms with E-state index in [0.29, 0.717) is 12.3 Å². The minimum absolute atomic E-state index is 0.0267. The third-order valence-electron chi connectivity index (χ3n) is 3.19. The standard InChI is InChI=1S/C16H21N3O2S2/c1-4-11(2)21-14-8-6-5-7-13(14)9-17-15(20)10-22-16-19-18-12(3)23-16/h5-8,11H,4,9-10H2,1-3H3,(H,17,20). The Morgan fingerprint density at radius 2 is 2.17 bits per heavy atom. The molecule has 0 fully saturated rings. The number of rotatable bonds is 8. The number of amides is 1. The van der Waals surface area contributed by atoms with Gasteiger partial charge in [0.1, 0.15) is 10.8 Å². The van der Waals surface area contributed by atoms with Crippen molar-refractivity contribution in [2.45, 2.75) is 44.2 Å². The predicted octanol–water partition coefficient (Wildman–Crippen LogP) is 3.43. The van der Waals surface area contributed by atoms with Gasteiger partial charge in [-0.15, -0.1) is 10.2 Å². The van der Waals surface area contributed by atoms with E-state index in [1.165, 1.54) is 23.1 Å². The lowest BCUT2D eigenvalue weighted by atomic mass is 10.2. The summed E-state index contributed by atoms with van der Waals surface area (Å²) in [6, 6.07) is 7.80. The molecule has 0 bridgehead atoms. The highest BCUT2D eigenvalue weighted by atomic mass is 32.2. The van der Waals surface area contributed by atoms with Crippen LogP contribution in [0.5, 0.6) is 5.75 Å². The molecule has 1 heterocycles. The highest BCUT2D eigenvalue weighted by Gasteiger charge is 2.09. The van der Waals surface area contributed by atoms with Crippen LogP contribution in [0.4, 0.5) is 0 Å². The molecule has 1 aromatic carbocycles. The molecule has 0 saturated heterocycles. The van der Waals surface area contributed by atoms with Gasteiger partial charge in [-0.05, 0) is 26.3 Å². The van der Waals surface area contributed by atoms with E-state index in [1.54, 1.807) is 0 Å². The van der Waals surface area contributed by atoms with E-state index in [0.717, 1.165) is 27.1 Å². The first-order chi connectivity index (χ1) is 11.1. The van der Waals surface area contributed by atoms with Crippen LogP contribution in [0.15, 0.2) is 28.6 Å². The molecular formula is C16H21N3O2S2. The topological polar surface area (TPSA) is 64.1 Å². The normalized spacial score (nSPS) is 12.0. The van der Waals surface area contributed by atoms with E-state index in [1.807, 2.05) is 38.1 Å². The number of aryl methyl sites for hydroxylation is 1. The number of carbonyl (C=O) groups is 1. The lowest BCUT2D eigenvalue weighted by Gasteiger charge is -2.16. The molecule has 0 aliphatic rings. The minimum atomic E-state index is -0.0267. The van der Waals surface area contributed by atoms with Gasteiger partial charge in [0, 0.05) is 12.1 Å². The molecule has 1 N–H and O–H groups in total. The maximum atomic E-state index is 12.0. The van der Waals surface area contributed by atoms with E-state index in [2.05, 4.69) is 22.4 Å². The van der Waals surface area contributed by atoms with Gasteiger partial charge in [0.2, 0.25) is 5.91 Å². The highest BCUT2D eigenvalue weighted by molar-refractivity contribution is 8.01. The van der Waals surface area contributed by atoms with Crippen LogP contribution in [0, 0.1) is 6.92 Å². The highest BCUT2D eigenvalue weighted by Crippen LogP contribution is 2.22. The lowest BCUT2D eigenvalue weighted by molar-refractivity contribution is -0.118. The van der Waals surface area contributed by atoms with Gasteiger partial charge < -0.3 is 10.1 Å². The van der Waals surface area contributed by atoms with Gasteiger partial charge in [-0.2, -0.15) is 0 Å². The second kappa shape index (κ2) is 8.88. The first-order valence-electron chi connectivity index (χ1n) is 7.52. The van der Waals surface area contributed by atoms with E-state index in [-0.39, 0.29) is 12.0 Å². The third-order valence-corrected chi connectivity index (χ3v) is 5.16. The van der Waals surface area contributed by atoms with Crippen molar-refractivity contribution in [2.24, 2.45) is 0 Å². The van der Waals surface area contributed by atoms with Crippen LogP contribution in [0.3, 0.4) is 0 Å². The van der Waals surface area contributed by atoms with Crippen LogP contribution in [-0.4, -0.2) is 28.0 Å². The molecule has 0 aliphatic carbocycles. The quantitative estimate of drug-likeness (QED) is 0.738. The fourth-order valence-corrected chi connectivity index (χ4v) is 3.42. The molecule has 0 radical (unpaired) electrons. The fraction of sp³-hybridized carbons (Fsp3) is 0.438. The monoisotopic (exact) mass is 351 g/mol. The molecule has 0 spiro atoms. The number of ether oxygens (including phenoxy) is 1. The SMILES string of the molecule is CCC(C)Oc1ccccc1CNC(=O)CSc1nnc(C)s1. The molecular weight excluding hydrogens is 330 g/mol. The number of para-hydroxylation sites is 1. The summed E-state index contributed by atoms with van der Waals surface area (Å²) in [4.78, 5) is 12.0.